The average molecular weight is 212 g/mol. The van der Waals surface area contributed by atoms with Gasteiger partial charge < -0.3 is 10.4 Å². The molecule has 0 aromatic carbocycles. The highest BCUT2D eigenvalue weighted by Gasteiger charge is 2.17. The summed E-state index contributed by atoms with van der Waals surface area (Å²) in [6, 6.07) is 0. The second-order valence-electron chi connectivity index (χ2n) is 3.66. The van der Waals surface area contributed by atoms with Gasteiger partial charge in [-0.05, 0) is 25.9 Å². The minimum Gasteiger partial charge on any atom is -0.396 e. The van der Waals surface area contributed by atoms with Crippen molar-refractivity contribution in [1.29, 1.82) is 0 Å². The Hall–Kier alpha value is -0.450. The molecule has 1 fully saturated rings. The first kappa shape index (κ1) is 10.1. The van der Waals surface area contributed by atoms with Crippen molar-refractivity contribution in [3.8, 4) is 0 Å². The third kappa shape index (κ3) is 2.32. The lowest BCUT2D eigenvalue weighted by Crippen LogP contribution is -2.26. The summed E-state index contributed by atoms with van der Waals surface area (Å²) < 4.78 is 0. The summed E-state index contributed by atoms with van der Waals surface area (Å²) in [7, 11) is 0. The van der Waals surface area contributed by atoms with Crippen molar-refractivity contribution in [2.24, 2.45) is 0 Å². The van der Waals surface area contributed by atoms with Crippen LogP contribution < -0.4 is 5.32 Å². The molecule has 1 aromatic rings. The van der Waals surface area contributed by atoms with Gasteiger partial charge in [0.2, 0.25) is 0 Å². The van der Waals surface area contributed by atoms with Crippen LogP contribution in [-0.2, 0) is 6.42 Å². The summed E-state index contributed by atoms with van der Waals surface area (Å²) in [5.41, 5.74) is 1.24. The molecule has 0 saturated carbocycles. The second-order valence-corrected chi connectivity index (χ2v) is 4.61. The number of thiazole rings is 1. The molecule has 1 aromatic heterocycles. The Labute approximate surface area is 88.2 Å². The van der Waals surface area contributed by atoms with Gasteiger partial charge >= 0.3 is 0 Å². The highest BCUT2D eigenvalue weighted by molar-refractivity contribution is 7.09. The molecule has 0 aliphatic carbocycles. The van der Waals surface area contributed by atoms with Gasteiger partial charge in [-0.25, -0.2) is 4.98 Å². The van der Waals surface area contributed by atoms with Crippen LogP contribution in [0, 0.1) is 0 Å². The molecule has 0 atom stereocenters. The first-order chi connectivity index (χ1) is 6.90. The number of aliphatic hydroxyl groups is 1. The van der Waals surface area contributed by atoms with Crippen molar-refractivity contribution in [2.75, 3.05) is 19.7 Å². The Kier molecular flexibility index (Phi) is 3.50. The van der Waals surface area contributed by atoms with Gasteiger partial charge in [0.1, 0.15) is 0 Å². The normalized spacial score (nSPS) is 18.6. The van der Waals surface area contributed by atoms with E-state index in [0.717, 1.165) is 18.1 Å². The number of aromatic nitrogens is 1. The van der Waals surface area contributed by atoms with Gasteiger partial charge in [-0.1, -0.05) is 0 Å². The van der Waals surface area contributed by atoms with Crippen LogP contribution in [0.2, 0.25) is 0 Å². The summed E-state index contributed by atoms with van der Waals surface area (Å²) in [5.74, 6) is 0.639. The molecule has 1 saturated heterocycles. The van der Waals surface area contributed by atoms with E-state index >= 15 is 0 Å². The number of nitrogens with zero attached hydrogens (tertiary/aromatic N) is 1. The molecule has 1 aliphatic rings. The Bertz CT molecular complexity index is 281. The second kappa shape index (κ2) is 4.87. The lowest BCUT2D eigenvalue weighted by Gasteiger charge is -2.20. The Morgan fingerprint density at radius 2 is 2.29 bits per heavy atom. The quantitative estimate of drug-likeness (QED) is 0.790. The Morgan fingerprint density at radius 1 is 1.50 bits per heavy atom. The van der Waals surface area contributed by atoms with Crippen LogP contribution in [0.1, 0.15) is 29.5 Å². The first-order valence-electron chi connectivity index (χ1n) is 5.16. The molecule has 1 aliphatic heterocycles. The van der Waals surface area contributed by atoms with Crippen LogP contribution >= 0.6 is 11.3 Å². The molecular formula is C10H16N2OS. The Balaban J connectivity index is 2.00. The van der Waals surface area contributed by atoms with E-state index < -0.39 is 0 Å². The van der Waals surface area contributed by atoms with Gasteiger partial charge in [0.05, 0.1) is 10.7 Å². The maximum absolute atomic E-state index is 8.80. The number of hydrogen-bond donors (Lipinski definition) is 2. The molecule has 3 nitrogen and oxygen atoms in total. The van der Waals surface area contributed by atoms with Crippen molar-refractivity contribution < 1.29 is 5.11 Å². The van der Waals surface area contributed by atoms with Gasteiger partial charge in [-0.3, -0.25) is 0 Å². The van der Waals surface area contributed by atoms with Crippen LogP contribution in [0.5, 0.6) is 0 Å². The zero-order chi connectivity index (χ0) is 9.80. The van der Waals surface area contributed by atoms with Gasteiger partial charge in [-0.15, -0.1) is 11.3 Å². The third-order valence-electron chi connectivity index (χ3n) is 2.65. The van der Waals surface area contributed by atoms with Crippen molar-refractivity contribution in [1.82, 2.24) is 10.3 Å². The molecule has 0 radical (unpaired) electrons. The number of rotatable bonds is 3. The maximum Gasteiger partial charge on any atom is 0.0951 e. The molecule has 2 N–H and O–H groups in total. The summed E-state index contributed by atoms with van der Waals surface area (Å²) in [6.45, 7) is 2.42. The average Bonchev–Trinajstić information content (AvgIpc) is 2.68. The molecule has 0 amide bonds. The van der Waals surface area contributed by atoms with E-state index in [2.05, 4.69) is 15.7 Å². The monoisotopic (exact) mass is 212 g/mol. The fourth-order valence-corrected chi connectivity index (χ4v) is 2.71. The molecular weight excluding hydrogens is 196 g/mol. The number of hydrogen-bond acceptors (Lipinski definition) is 4. The van der Waals surface area contributed by atoms with Gasteiger partial charge in [0, 0.05) is 24.3 Å². The molecule has 0 spiro atoms. The fourth-order valence-electron chi connectivity index (χ4n) is 1.84. The Morgan fingerprint density at radius 3 is 3.00 bits per heavy atom. The number of piperidine rings is 1. The van der Waals surface area contributed by atoms with E-state index in [0.29, 0.717) is 12.3 Å². The highest BCUT2D eigenvalue weighted by Crippen LogP contribution is 2.26. The number of aliphatic hydroxyl groups excluding tert-OH is 1. The van der Waals surface area contributed by atoms with Gasteiger partial charge in [-0.2, -0.15) is 0 Å². The minimum absolute atomic E-state index is 0.208. The van der Waals surface area contributed by atoms with E-state index in [1.54, 1.807) is 11.3 Å². The van der Waals surface area contributed by atoms with E-state index in [1.807, 2.05) is 0 Å². The van der Waals surface area contributed by atoms with Crippen LogP contribution in [-0.4, -0.2) is 29.8 Å². The summed E-state index contributed by atoms with van der Waals surface area (Å²) in [6.07, 6.45) is 3.10. The van der Waals surface area contributed by atoms with Crippen LogP contribution in [0.4, 0.5) is 0 Å². The summed E-state index contributed by atoms with van der Waals surface area (Å²) >= 11 is 1.68. The predicted molar refractivity (Wildman–Crippen MR) is 57.7 cm³/mol. The largest absolute Gasteiger partial charge is 0.396 e. The molecule has 4 heteroatoms. The smallest absolute Gasteiger partial charge is 0.0951 e. The first-order valence-corrected chi connectivity index (χ1v) is 6.04. The fraction of sp³-hybridized carbons (Fsp3) is 0.700. The van der Waals surface area contributed by atoms with Crippen LogP contribution in [0.3, 0.4) is 0 Å². The zero-order valence-electron chi connectivity index (χ0n) is 8.20. The van der Waals surface area contributed by atoms with E-state index in [1.165, 1.54) is 18.5 Å². The highest BCUT2D eigenvalue weighted by atomic mass is 32.1. The van der Waals surface area contributed by atoms with Gasteiger partial charge in [0.25, 0.3) is 0 Å². The lowest BCUT2D eigenvalue weighted by atomic mass is 9.95. The van der Waals surface area contributed by atoms with E-state index in [9.17, 15) is 0 Å². The molecule has 14 heavy (non-hydrogen) atoms. The molecule has 78 valence electrons. The number of nitrogens with one attached hydrogen (secondary N) is 1. The van der Waals surface area contributed by atoms with Gasteiger partial charge in [0.15, 0.2) is 0 Å². The molecule has 2 heterocycles. The van der Waals surface area contributed by atoms with Crippen LogP contribution in [0.25, 0.3) is 0 Å². The maximum atomic E-state index is 8.80. The molecule has 2 rings (SSSR count). The third-order valence-corrected chi connectivity index (χ3v) is 3.58. The van der Waals surface area contributed by atoms with Crippen molar-refractivity contribution >= 4 is 11.3 Å². The summed E-state index contributed by atoms with van der Waals surface area (Å²) in [4.78, 5) is 4.55. The summed E-state index contributed by atoms with van der Waals surface area (Å²) in [5, 5.41) is 15.4. The van der Waals surface area contributed by atoms with Crippen molar-refractivity contribution in [3.05, 3.63) is 16.1 Å². The SMILES string of the molecule is OCCc1nc(C2CCNCC2)cs1. The van der Waals surface area contributed by atoms with Crippen LogP contribution in [0.15, 0.2) is 5.38 Å². The standard InChI is InChI=1S/C10H16N2OS/c13-6-3-10-12-9(7-14-10)8-1-4-11-5-2-8/h7-8,11,13H,1-6H2. The van der Waals surface area contributed by atoms with Crippen molar-refractivity contribution in [2.45, 2.75) is 25.2 Å². The molecule has 0 unspecified atom stereocenters. The van der Waals surface area contributed by atoms with Crippen molar-refractivity contribution in [3.63, 3.8) is 0 Å². The lowest BCUT2D eigenvalue weighted by molar-refractivity contribution is 0.299. The zero-order valence-corrected chi connectivity index (χ0v) is 9.02. The predicted octanol–water partition coefficient (Wildman–Crippen LogP) is 1.14. The minimum atomic E-state index is 0.208. The topological polar surface area (TPSA) is 45.2 Å². The van der Waals surface area contributed by atoms with E-state index in [-0.39, 0.29) is 6.61 Å². The molecule has 0 bridgehead atoms. The van der Waals surface area contributed by atoms with E-state index in [4.69, 9.17) is 5.11 Å².